The Balaban J connectivity index is 0.000000459. The lowest BCUT2D eigenvalue weighted by atomic mass is 10.0. The molecule has 0 aliphatic carbocycles. The number of benzene rings is 2. The van der Waals surface area contributed by atoms with Gasteiger partial charge in [0.25, 0.3) is 5.91 Å². The van der Waals surface area contributed by atoms with Crippen molar-refractivity contribution in [1.29, 1.82) is 0 Å². The third-order valence-corrected chi connectivity index (χ3v) is 6.54. The third-order valence-electron chi connectivity index (χ3n) is 6.54. The number of unbranched alkanes of at least 4 members (excludes halogenated alkanes) is 1. The second kappa shape index (κ2) is 16.3. The van der Waals surface area contributed by atoms with E-state index in [1.807, 2.05) is 47.4 Å². The number of halogens is 9. The zero-order valence-corrected chi connectivity index (χ0v) is 24.4. The molecule has 0 bridgehead atoms. The van der Waals surface area contributed by atoms with Crippen molar-refractivity contribution in [3.05, 3.63) is 60.0 Å². The summed E-state index contributed by atoms with van der Waals surface area (Å²) in [6.45, 7) is 3.90. The first-order valence-electron chi connectivity index (χ1n) is 13.6. The molecule has 2 aromatic carbocycles. The topological polar surface area (TPSA) is 136 Å². The predicted octanol–water partition coefficient (Wildman–Crippen LogP) is 6.24. The Morgan fingerprint density at radius 3 is 2.04 bits per heavy atom. The summed E-state index contributed by atoms with van der Waals surface area (Å²) in [5, 5.41) is 16.2. The molecule has 0 radical (unpaired) electrons. The van der Waals surface area contributed by atoms with Gasteiger partial charge in [0, 0.05) is 37.8 Å². The van der Waals surface area contributed by atoms with Crippen LogP contribution in [0.2, 0.25) is 0 Å². The van der Waals surface area contributed by atoms with E-state index >= 15 is 0 Å². The van der Waals surface area contributed by atoms with Crippen molar-refractivity contribution in [2.45, 2.75) is 57.5 Å². The van der Waals surface area contributed by atoms with Gasteiger partial charge in [-0.05, 0) is 23.3 Å². The molecule has 3 aromatic rings. The van der Waals surface area contributed by atoms with E-state index in [9.17, 15) is 44.3 Å². The molecule has 0 spiro atoms. The maximum Gasteiger partial charge on any atom is 0.574 e. The van der Waals surface area contributed by atoms with E-state index in [-0.39, 0.29) is 24.2 Å². The van der Waals surface area contributed by atoms with Gasteiger partial charge in [0.05, 0.1) is 12.0 Å². The van der Waals surface area contributed by atoms with Gasteiger partial charge in [0.1, 0.15) is 0 Å². The van der Waals surface area contributed by atoms with Gasteiger partial charge < -0.3 is 24.8 Å². The highest BCUT2D eigenvalue weighted by Gasteiger charge is 2.39. The normalized spacial score (nSPS) is 15.6. The average molecular weight is 689 g/mol. The van der Waals surface area contributed by atoms with Gasteiger partial charge in [-0.25, -0.2) is 14.6 Å². The Morgan fingerprint density at radius 2 is 1.49 bits per heavy atom. The van der Waals surface area contributed by atoms with Crippen molar-refractivity contribution >= 4 is 28.6 Å². The fourth-order valence-electron chi connectivity index (χ4n) is 4.40. The lowest BCUT2D eigenvalue weighted by Gasteiger charge is -2.41. The van der Waals surface area contributed by atoms with Crippen LogP contribution in [-0.4, -0.2) is 92.2 Å². The van der Waals surface area contributed by atoms with Gasteiger partial charge in [-0.2, -0.15) is 26.3 Å². The average Bonchev–Trinajstić information content (AvgIpc) is 3.40. The van der Waals surface area contributed by atoms with Gasteiger partial charge in [0.2, 0.25) is 5.88 Å². The number of carbonyl (C=O) groups excluding carboxylic acids is 1. The van der Waals surface area contributed by atoms with Crippen molar-refractivity contribution < 1.29 is 68.8 Å². The molecule has 10 nitrogen and oxygen atoms in total. The Labute approximate surface area is 260 Å². The number of alkyl halides is 9. The summed E-state index contributed by atoms with van der Waals surface area (Å²) in [6.07, 6.45) is -11.0. The minimum atomic E-state index is -5.08. The third kappa shape index (κ3) is 12.3. The van der Waals surface area contributed by atoms with E-state index in [1.165, 1.54) is 6.33 Å². The van der Waals surface area contributed by atoms with Crippen LogP contribution in [0.3, 0.4) is 0 Å². The summed E-state index contributed by atoms with van der Waals surface area (Å²) in [6, 6.07) is 13.6. The number of hydrogen-bond donors (Lipinski definition) is 3. The highest BCUT2D eigenvalue weighted by atomic mass is 19.4. The number of carboxylic acid groups (broad SMARTS) is 2. The molecule has 0 unspecified atom stereocenters. The standard InChI is InChI=1S/C24H27F3N4O2.2C2HF3O2/c1-2-3-9-18-14-31(23(32)20-11-6-8-17-7-4-5-10-19(17)20)13-12-30(18)15-21-22(29-16-28-21)33-24(25,26)27;2*3-2(4,5)1(6)7/h4-8,10-11,16,18H,2-3,9,12-15H2,1H3,(H,28,29);2*(H,6,7)/t18-;;/m0../s1. The van der Waals surface area contributed by atoms with E-state index in [4.69, 9.17) is 19.8 Å². The number of carboxylic acids is 2. The summed E-state index contributed by atoms with van der Waals surface area (Å²) in [7, 11) is 0. The SMILES string of the molecule is CCCC[C@H]1CN(C(=O)c2cccc3ccccc23)CCN1Cc1[nH]cnc1OC(F)(F)F.O=C(O)C(F)(F)F.O=C(O)C(F)(F)F. The number of imidazole rings is 1. The molecule has 1 atom stereocenters. The van der Waals surface area contributed by atoms with Gasteiger partial charge in [-0.3, -0.25) is 9.69 Å². The zero-order chi connectivity index (χ0) is 35.6. The zero-order valence-electron chi connectivity index (χ0n) is 24.4. The monoisotopic (exact) mass is 688 g/mol. The fourth-order valence-corrected chi connectivity index (χ4v) is 4.40. The summed E-state index contributed by atoms with van der Waals surface area (Å²) < 4.78 is 106. The predicted molar refractivity (Wildman–Crippen MR) is 146 cm³/mol. The number of rotatable bonds is 7. The van der Waals surface area contributed by atoms with Crippen molar-refractivity contribution in [3.63, 3.8) is 0 Å². The van der Waals surface area contributed by atoms with Crippen LogP contribution < -0.4 is 4.74 Å². The molecule has 1 saturated heterocycles. The Morgan fingerprint density at radius 1 is 0.915 bits per heavy atom. The maximum atomic E-state index is 13.4. The molecular weight excluding hydrogens is 659 g/mol. The van der Waals surface area contributed by atoms with E-state index in [1.54, 1.807) is 0 Å². The smallest absolute Gasteiger partial charge is 0.475 e. The first kappa shape index (κ1) is 38.6. The van der Waals surface area contributed by atoms with Crippen molar-refractivity contribution in [2.75, 3.05) is 19.6 Å². The number of nitrogens with zero attached hydrogens (tertiary/aromatic N) is 3. The Kier molecular flexibility index (Phi) is 13.4. The maximum absolute atomic E-state index is 13.4. The first-order valence-corrected chi connectivity index (χ1v) is 13.6. The molecule has 1 fully saturated rings. The molecule has 19 heteroatoms. The molecule has 4 rings (SSSR count). The minimum Gasteiger partial charge on any atom is -0.475 e. The summed E-state index contributed by atoms with van der Waals surface area (Å²) in [5.74, 6) is -5.98. The number of amides is 1. The quantitative estimate of drug-likeness (QED) is 0.248. The summed E-state index contributed by atoms with van der Waals surface area (Å²) in [4.78, 5) is 41.6. The summed E-state index contributed by atoms with van der Waals surface area (Å²) >= 11 is 0. The van der Waals surface area contributed by atoms with Gasteiger partial charge in [-0.15, -0.1) is 13.2 Å². The largest absolute Gasteiger partial charge is 0.574 e. The number of carbonyl (C=O) groups is 3. The van der Waals surface area contributed by atoms with E-state index in [0.717, 1.165) is 30.0 Å². The lowest BCUT2D eigenvalue weighted by molar-refractivity contribution is -0.276. The molecule has 47 heavy (non-hydrogen) atoms. The number of aliphatic carboxylic acids is 2. The van der Waals surface area contributed by atoms with Gasteiger partial charge >= 0.3 is 30.7 Å². The number of ether oxygens (including phenoxy) is 1. The number of aromatic nitrogens is 2. The molecule has 2 heterocycles. The van der Waals surface area contributed by atoms with Crippen LogP contribution in [0.5, 0.6) is 5.88 Å². The Bertz CT molecular complexity index is 1460. The van der Waals surface area contributed by atoms with E-state index in [2.05, 4.69) is 26.5 Å². The van der Waals surface area contributed by atoms with Crippen LogP contribution in [0, 0.1) is 0 Å². The highest BCUT2D eigenvalue weighted by Crippen LogP contribution is 2.27. The van der Waals surface area contributed by atoms with Gasteiger partial charge in [-0.1, -0.05) is 56.2 Å². The summed E-state index contributed by atoms with van der Waals surface area (Å²) in [5.41, 5.74) is 0.952. The van der Waals surface area contributed by atoms with Crippen LogP contribution in [0.4, 0.5) is 39.5 Å². The number of piperazine rings is 1. The lowest BCUT2D eigenvalue weighted by Crippen LogP contribution is -2.54. The fraction of sp³-hybridized carbons (Fsp3) is 0.429. The molecular formula is C28H29F9N4O6. The van der Waals surface area contributed by atoms with Gasteiger partial charge in [0.15, 0.2) is 0 Å². The number of hydrogen-bond acceptors (Lipinski definition) is 6. The van der Waals surface area contributed by atoms with E-state index in [0.29, 0.717) is 25.2 Å². The second-order valence-corrected chi connectivity index (χ2v) is 9.88. The van der Waals surface area contributed by atoms with Crippen LogP contribution >= 0.6 is 0 Å². The molecule has 260 valence electrons. The molecule has 1 aromatic heterocycles. The number of aromatic amines is 1. The first-order chi connectivity index (χ1) is 21.7. The molecule has 3 N–H and O–H groups in total. The molecule has 1 amide bonds. The van der Waals surface area contributed by atoms with Crippen LogP contribution in [0.1, 0.15) is 42.2 Å². The highest BCUT2D eigenvalue weighted by molar-refractivity contribution is 6.07. The van der Waals surface area contributed by atoms with Crippen molar-refractivity contribution in [1.82, 2.24) is 19.8 Å². The molecule has 0 saturated carbocycles. The number of nitrogens with one attached hydrogen (secondary N) is 1. The van der Waals surface area contributed by atoms with Crippen LogP contribution in [0.25, 0.3) is 10.8 Å². The van der Waals surface area contributed by atoms with Crippen molar-refractivity contribution in [2.24, 2.45) is 0 Å². The number of H-pyrrole nitrogens is 1. The number of fused-ring (bicyclic) bond motifs is 1. The van der Waals surface area contributed by atoms with Crippen LogP contribution in [0.15, 0.2) is 48.8 Å². The second-order valence-electron chi connectivity index (χ2n) is 9.88. The minimum absolute atomic E-state index is 0.0180. The molecule has 1 aliphatic heterocycles. The Hall–Kier alpha value is -4.55. The van der Waals surface area contributed by atoms with E-state index < -0.39 is 36.5 Å². The van der Waals surface area contributed by atoms with Crippen LogP contribution in [-0.2, 0) is 16.1 Å². The molecule has 1 aliphatic rings. The van der Waals surface area contributed by atoms with Crippen molar-refractivity contribution in [3.8, 4) is 5.88 Å².